The second-order valence-electron chi connectivity index (χ2n) is 35.4. The molecule has 15 aromatic rings. The van der Waals surface area contributed by atoms with Gasteiger partial charge in [0.15, 0.2) is 0 Å². The van der Waals surface area contributed by atoms with Gasteiger partial charge in [-0.05, 0) is 117 Å². The van der Waals surface area contributed by atoms with Gasteiger partial charge in [-0.1, -0.05) is 274 Å². The average Bonchev–Trinajstić information content (AvgIpc) is 1.60. The molecule has 2 aliphatic rings. The maximum absolute atomic E-state index is 14.7. The van der Waals surface area contributed by atoms with Gasteiger partial charge >= 0.3 is 0 Å². The van der Waals surface area contributed by atoms with Crippen LogP contribution in [0.1, 0.15) is 128 Å². The summed E-state index contributed by atoms with van der Waals surface area (Å²) in [6, 6.07) is 71.0. The van der Waals surface area contributed by atoms with E-state index in [1.54, 1.807) is 24.8 Å². The molecular weight excluding hydrogens is 1550 g/mol. The lowest BCUT2D eigenvalue weighted by atomic mass is 9.86. The number of carbonyl (C=O) groups is 4. The number of H-pyrrole nitrogens is 2. The zero-order chi connectivity index (χ0) is 86.3. The predicted molar refractivity (Wildman–Crippen MR) is 492 cm³/mol. The molecule has 0 aliphatic carbocycles. The topological polar surface area (TPSA) is 297 Å². The summed E-state index contributed by atoms with van der Waals surface area (Å²) in [5.41, 5.74) is 21.7. The minimum absolute atomic E-state index is 0.0429. The molecule has 6 N–H and O–H groups in total. The largest absolute Gasteiger partial charge is 0.354 e. The van der Waals surface area contributed by atoms with Gasteiger partial charge in [0.1, 0.15) is 49.0 Å². The van der Waals surface area contributed by atoms with Gasteiger partial charge in [0.25, 0.3) is 0 Å². The lowest BCUT2D eigenvalue weighted by Gasteiger charge is -2.18. The third-order valence-electron chi connectivity index (χ3n) is 22.2. The summed E-state index contributed by atoms with van der Waals surface area (Å²) in [6.07, 6.45) is 14.8. The van der Waals surface area contributed by atoms with Crippen molar-refractivity contribution in [2.75, 3.05) is 21.3 Å². The minimum atomic E-state index is -0.362. The molecule has 124 heavy (non-hydrogen) atoms. The van der Waals surface area contributed by atoms with Gasteiger partial charge in [0, 0.05) is 112 Å². The lowest BCUT2D eigenvalue weighted by Crippen LogP contribution is -2.19. The third kappa shape index (κ3) is 17.6. The molecule has 4 amide bonds. The van der Waals surface area contributed by atoms with E-state index >= 15 is 0 Å². The Morgan fingerprint density at radius 2 is 0.476 bits per heavy atom. The van der Waals surface area contributed by atoms with Gasteiger partial charge in [0.2, 0.25) is 23.6 Å². The number of fused-ring (bicyclic) bond motifs is 8. The number of para-hydroxylation sites is 4. The number of hydrogen-bond donors (Lipinski definition) is 6. The van der Waals surface area contributed by atoms with Crippen molar-refractivity contribution in [1.82, 2.24) is 79.9 Å². The molecule has 8 aromatic carbocycles. The van der Waals surface area contributed by atoms with E-state index in [2.05, 4.69) is 204 Å². The van der Waals surface area contributed by atoms with Crippen molar-refractivity contribution in [3.05, 3.63) is 288 Å². The van der Waals surface area contributed by atoms with Crippen molar-refractivity contribution < 1.29 is 19.2 Å². The SMILES string of the molecule is CC(C)(C)c1ccc(-c2cn(CC(=O)Nc3ccccc3-c3c4nc(c(-c5ccccc5NC(=O)Cn5cc(-c6ccc(C(C)(C)C)cc6)nn5)c5ccc([nH]5)c(-c5ccccc5NC(=O)Cn5cc(-c6ccc(C(C)(C)C)cc6)nn5)c5nc(c(-c6ccccc6NC(=O)Cn6cc(-c7ccc(C(C)(C)C)cc7)nn6)c6ccc3[nH]6)C=C5)C=C4)nn2)cc1. The highest BCUT2D eigenvalue weighted by molar-refractivity contribution is 6.08. The predicted octanol–water partition coefficient (Wildman–Crippen LogP) is 20.1. The van der Waals surface area contributed by atoms with Crippen molar-refractivity contribution in [2.24, 2.45) is 0 Å². The fourth-order valence-electron chi connectivity index (χ4n) is 15.5. The highest BCUT2D eigenvalue weighted by Crippen LogP contribution is 2.44. The van der Waals surface area contributed by atoms with Crippen LogP contribution in [0.15, 0.2) is 243 Å². The van der Waals surface area contributed by atoms with Crippen molar-refractivity contribution >= 4 is 92.7 Å². The van der Waals surface area contributed by atoms with Gasteiger partial charge < -0.3 is 31.2 Å². The Morgan fingerprint density at radius 1 is 0.274 bits per heavy atom. The number of hydrogen-bond acceptors (Lipinski definition) is 14. The Kier molecular flexibility index (Phi) is 21.7. The first-order valence-corrected chi connectivity index (χ1v) is 41.3. The summed E-state index contributed by atoms with van der Waals surface area (Å²) in [7, 11) is 0. The molecule has 0 fully saturated rings. The van der Waals surface area contributed by atoms with Gasteiger partial charge in [-0.25, -0.2) is 28.7 Å². The molecule has 24 heteroatoms. The van der Waals surface area contributed by atoms with E-state index in [1.807, 2.05) is 194 Å². The number of benzene rings is 8. The Labute approximate surface area is 717 Å². The van der Waals surface area contributed by atoms with Crippen LogP contribution in [-0.4, -0.2) is 104 Å². The summed E-state index contributed by atoms with van der Waals surface area (Å²) in [6.45, 7) is 25.4. The van der Waals surface area contributed by atoms with Crippen molar-refractivity contribution in [3.8, 4) is 89.5 Å². The Morgan fingerprint density at radius 3 is 0.677 bits per heavy atom. The smallest absolute Gasteiger partial charge is 0.246 e. The number of rotatable bonds is 20. The lowest BCUT2D eigenvalue weighted by molar-refractivity contribution is -0.117. The molecule has 9 heterocycles. The molecule has 0 saturated heterocycles. The van der Waals surface area contributed by atoms with Crippen LogP contribution in [0.25, 0.3) is 136 Å². The summed E-state index contributed by atoms with van der Waals surface area (Å²) < 4.78 is 6.10. The van der Waals surface area contributed by atoms with Gasteiger partial charge in [0.05, 0.1) is 47.6 Å². The molecule has 8 bridgehead atoms. The van der Waals surface area contributed by atoms with E-state index in [-0.39, 0.29) is 71.5 Å². The number of aromatic nitrogens is 16. The fourth-order valence-corrected chi connectivity index (χ4v) is 15.5. The number of aromatic amines is 2. The van der Waals surface area contributed by atoms with Crippen LogP contribution >= 0.6 is 0 Å². The van der Waals surface area contributed by atoms with Gasteiger partial charge in [-0.2, -0.15) is 0 Å². The third-order valence-corrected chi connectivity index (χ3v) is 22.2. The van der Waals surface area contributed by atoms with E-state index in [1.165, 1.54) is 41.0 Å². The first kappa shape index (κ1) is 81.2. The second-order valence-corrected chi connectivity index (χ2v) is 35.4. The highest BCUT2D eigenvalue weighted by atomic mass is 16.2. The first-order chi connectivity index (χ1) is 59.5. The van der Waals surface area contributed by atoms with Crippen LogP contribution < -0.4 is 21.3 Å². The van der Waals surface area contributed by atoms with Crippen molar-refractivity contribution in [2.45, 2.75) is 131 Å². The van der Waals surface area contributed by atoms with Crippen molar-refractivity contribution in [3.63, 3.8) is 0 Å². The van der Waals surface area contributed by atoms with Crippen molar-refractivity contribution in [1.29, 1.82) is 0 Å². The maximum atomic E-state index is 14.7. The molecular formula is C100H94N20O4. The van der Waals surface area contributed by atoms with E-state index in [0.717, 1.165) is 22.3 Å². The van der Waals surface area contributed by atoms with E-state index in [0.29, 0.717) is 135 Å². The summed E-state index contributed by atoms with van der Waals surface area (Å²) >= 11 is 0. The molecule has 618 valence electrons. The molecule has 0 spiro atoms. The highest BCUT2D eigenvalue weighted by Gasteiger charge is 2.27. The average molecular weight is 1640 g/mol. The quantitative estimate of drug-likeness (QED) is 0.0414. The zero-order valence-corrected chi connectivity index (χ0v) is 71.1. The maximum Gasteiger partial charge on any atom is 0.246 e. The first-order valence-electron chi connectivity index (χ1n) is 41.3. The molecule has 0 unspecified atom stereocenters. The molecule has 2 aliphatic heterocycles. The molecule has 0 atom stereocenters. The molecule has 7 aromatic heterocycles. The van der Waals surface area contributed by atoms with Crippen LogP contribution in [0.3, 0.4) is 0 Å². The fraction of sp³-hybridized carbons (Fsp3) is 0.200. The van der Waals surface area contributed by atoms with Crippen LogP contribution in [0.2, 0.25) is 0 Å². The van der Waals surface area contributed by atoms with E-state index in [4.69, 9.17) is 9.97 Å². The minimum Gasteiger partial charge on any atom is -0.354 e. The number of amides is 4. The van der Waals surface area contributed by atoms with E-state index in [9.17, 15) is 19.2 Å². The molecule has 24 nitrogen and oxygen atoms in total. The zero-order valence-electron chi connectivity index (χ0n) is 71.1. The summed E-state index contributed by atoms with van der Waals surface area (Å²) in [5.74, 6) is -1.45. The number of nitrogens with zero attached hydrogens (tertiary/aromatic N) is 14. The number of nitrogens with one attached hydrogen (secondary N) is 6. The Balaban J connectivity index is 0.817. The van der Waals surface area contributed by atoms with Crippen LogP contribution in [0, 0.1) is 0 Å². The molecule has 0 radical (unpaired) electrons. The molecule has 0 saturated carbocycles. The number of anilines is 4. The summed E-state index contributed by atoms with van der Waals surface area (Å²) in [5, 5.41) is 48.5. The van der Waals surface area contributed by atoms with Gasteiger partial charge in [-0.15, -0.1) is 20.4 Å². The van der Waals surface area contributed by atoms with Crippen LogP contribution in [0.4, 0.5) is 22.7 Å². The monoisotopic (exact) mass is 1640 g/mol. The van der Waals surface area contributed by atoms with Crippen LogP contribution in [0.5, 0.6) is 0 Å². The normalized spacial score (nSPS) is 12.2. The Hall–Kier alpha value is -15.2. The molecule has 17 rings (SSSR count). The number of carbonyl (C=O) groups excluding carboxylic acids is 4. The summed E-state index contributed by atoms with van der Waals surface area (Å²) in [4.78, 5) is 77.9. The second kappa shape index (κ2) is 33.1. The van der Waals surface area contributed by atoms with Gasteiger partial charge in [-0.3, -0.25) is 19.2 Å². The van der Waals surface area contributed by atoms with E-state index < -0.39 is 0 Å². The Bertz CT molecular complexity index is 6050. The van der Waals surface area contributed by atoms with Crippen LogP contribution in [-0.2, 0) is 67.0 Å². The standard InChI is InChI=1S/C100H94N20O4/c1-97(2,3)65-37-29-61(30-38-65)85-53-117(113-109-85)57-89(121)105-73-25-17-13-21-69(73)93-77-45-47-79(101-77)94(70-22-14-18-26-74(70)106-90(122)58-118-54-86(110-114-118)62-31-39-66(40-32-62)98(4,5)6)81-49-51-83(103-81)96(72-24-16-20-28-76(72)108-92(124)60-120-56-88(112-116-120)64-35-43-68(44-36-64)100(10,11)12)84-52-50-82(104-84)95(80-48-46-78(93)102-80)71-23-15-19-27-75(71)107-91(123)59-119-55-87(111-115-119)63-33-41-67(42-34-63)99(7,8)9/h13-56,101,104H,57-60H2,1-12H3,(H,105,121)(H,106,122)(H,107,123)(H,108,124).